The standard InChI is InChI=1S/C31H32BrClF3N3O4S/c1-20-7-14-26(15-8-20)44(42,43)39(25-13-16-28(33)27(17-25)31(34,35)36)19-29(40)38(18-22-9-11-23(32)12-10-22)21(2)30(41)37-24-5-3-4-6-24/h7-17,21,24H,3-6,18-19H2,1-2H3,(H,37,41)/t21-/m1/s1. The van der Waals surface area contributed by atoms with E-state index in [-0.39, 0.29) is 17.5 Å². The number of carbonyl (C=O) groups is 2. The molecule has 3 aromatic rings. The van der Waals surface area contributed by atoms with Crippen molar-refractivity contribution in [2.24, 2.45) is 0 Å². The normalized spacial score (nSPS) is 14.7. The first-order chi connectivity index (χ1) is 20.7. The Morgan fingerprint density at radius 1 is 1.02 bits per heavy atom. The van der Waals surface area contributed by atoms with Gasteiger partial charge in [-0.25, -0.2) is 8.42 Å². The van der Waals surface area contributed by atoms with Gasteiger partial charge < -0.3 is 10.2 Å². The highest BCUT2D eigenvalue weighted by atomic mass is 79.9. The summed E-state index contributed by atoms with van der Waals surface area (Å²) in [6, 6.07) is 14.4. The van der Waals surface area contributed by atoms with Gasteiger partial charge >= 0.3 is 6.18 Å². The number of aryl methyl sites for hydroxylation is 1. The quantitative estimate of drug-likeness (QED) is 0.243. The second-order valence-corrected chi connectivity index (χ2v) is 14.0. The smallest absolute Gasteiger partial charge is 0.352 e. The van der Waals surface area contributed by atoms with Gasteiger partial charge in [0.15, 0.2) is 0 Å². The Kier molecular flexibility index (Phi) is 10.7. The lowest BCUT2D eigenvalue weighted by Gasteiger charge is -2.32. The predicted octanol–water partition coefficient (Wildman–Crippen LogP) is 7.10. The van der Waals surface area contributed by atoms with E-state index in [1.54, 1.807) is 50.2 Å². The second-order valence-electron chi connectivity index (χ2n) is 10.8. The summed E-state index contributed by atoms with van der Waals surface area (Å²) in [5.74, 6) is -1.18. The molecule has 13 heteroatoms. The Balaban J connectivity index is 1.75. The molecule has 4 rings (SSSR count). The number of anilines is 1. The van der Waals surface area contributed by atoms with E-state index in [2.05, 4.69) is 21.2 Å². The Hall–Kier alpha value is -3.09. The van der Waals surface area contributed by atoms with Crippen LogP contribution in [0.2, 0.25) is 5.02 Å². The zero-order valence-electron chi connectivity index (χ0n) is 24.1. The number of halogens is 5. The molecule has 3 aromatic carbocycles. The van der Waals surface area contributed by atoms with E-state index in [9.17, 15) is 31.2 Å². The lowest BCUT2D eigenvalue weighted by atomic mass is 10.1. The Bertz CT molecular complexity index is 1600. The average Bonchev–Trinajstić information content (AvgIpc) is 3.48. The highest BCUT2D eigenvalue weighted by molar-refractivity contribution is 9.10. The lowest BCUT2D eigenvalue weighted by Crippen LogP contribution is -2.52. The number of benzene rings is 3. The fourth-order valence-electron chi connectivity index (χ4n) is 5.01. The van der Waals surface area contributed by atoms with E-state index < -0.39 is 56.9 Å². The molecule has 0 aliphatic heterocycles. The Labute approximate surface area is 268 Å². The molecular formula is C31H32BrClF3N3O4S. The van der Waals surface area contributed by atoms with E-state index in [0.717, 1.165) is 47.9 Å². The summed E-state index contributed by atoms with van der Waals surface area (Å²) in [6.45, 7) is 2.39. The van der Waals surface area contributed by atoms with Gasteiger partial charge in [0.05, 0.1) is 21.2 Å². The third-order valence-electron chi connectivity index (χ3n) is 7.57. The van der Waals surface area contributed by atoms with Gasteiger partial charge in [-0.3, -0.25) is 13.9 Å². The number of alkyl halides is 3. The zero-order chi connectivity index (χ0) is 32.2. The van der Waals surface area contributed by atoms with Crippen molar-refractivity contribution in [1.82, 2.24) is 10.2 Å². The minimum Gasteiger partial charge on any atom is -0.352 e. The number of nitrogens with zero attached hydrogens (tertiary/aromatic N) is 2. The number of rotatable bonds is 10. The summed E-state index contributed by atoms with van der Waals surface area (Å²) >= 11 is 9.19. The van der Waals surface area contributed by atoms with Gasteiger partial charge in [-0.2, -0.15) is 13.2 Å². The highest BCUT2D eigenvalue weighted by Crippen LogP contribution is 2.38. The summed E-state index contributed by atoms with van der Waals surface area (Å²) in [6.07, 6.45) is -1.28. The van der Waals surface area contributed by atoms with Gasteiger partial charge in [-0.1, -0.05) is 70.2 Å². The van der Waals surface area contributed by atoms with E-state index >= 15 is 0 Å². The molecule has 2 amide bonds. The molecule has 7 nitrogen and oxygen atoms in total. The maximum atomic E-state index is 14.0. The first-order valence-corrected chi connectivity index (χ1v) is 16.6. The van der Waals surface area contributed by atoms with Crippen LogP contribution in [0.1, 0.15) is 49.3 Å². The van der Waals surface area contributed by atoms with Crippen LogP contribution in [-0.2, 0) is 32.3 Å². The van der Waals surface area contributed by atoms with Crippen molar-refractivity contribution < 1.29 is 31.2 Å². The molecule has 0 heterocycles. The molecule has 0 unspecified atom stereocenters. The minimum absolute atomic E-state index is 0.0251. The number of sulfonamides is 1. The molecule has 1 fully saturated rings. The zero-order valence-corrected chi connectivity index (χ0v) is 27.2. The van der Waals surface area contributed by atoms with Crippen molar-refractivity contribution in [2.45, 2.75) is 69.2 Å². The van der Waals surface area contributed by atoms with E-state index in [1.807, 2.05) is 0 Å². The molecule has 0 saturated heterocycles. The van der Waals surface area contributed by atoms with Crippen LogP contribution in [0.4, 0.5) is 18.9 Å². The van der Waals surface area contributed by atoms with Crippen molar-refractivity contribution in [3.05, 3.63) is 92.9 Å². The molecular weight excluding hydrogens is 683 g/mol. The topological polar surface area (TPSA) is 86.8 Å². The second kappa shape index (κ2) is 13.9. The van der Waals surface area contributed by atoms with Crippen LogP contribution in [0.25, 0.3) is 0 Å². The largest absolute Gasteiger partial charge is 0.417 e. The summed E-state index contributed by atoms with van der Waals surface area (Å²) < 4.78 is 70.7. The molecule has 236 valence electrons. The van der Waals surface area contributed by atoms with Crippen molar-refractivity contribution in [3.8, 4) is 0 Å². The number of carbonyl (C=O) groups excluding carboxylic acids is 2. The van der Waals surface area contributed by atoms with Crippen LogP contribution < -0.4 is 9.62 Å². The first kappa shape index (κ1) is 33.8. The molecule has 0 spiro atoms. The van der Waals surface area contributed by atoms with Crippen LogP contribution in [0.5, 0.6) is 0 Å². The monoisotopic (exact) mass is 713 g/mol. The summed E-state index contributed by atoms with van der Waals surface area (Å²) in [7, 11) is -4.55. The van der Waals surface area contributed by atoms with Gasteiger partial charge in [0.1, 0.15) is 12.6 Å². The molecule has 1 atom stereocenters. The first-order valence-electron chi connectivity index (χ1n) is 14.0. The van der Waals surface area contributed by atoms with Gasteiger partial charge in [-0.15, -0.1) is 0 Å². The van der Waals surface area contributed by atoms with Crippen molar-refractivity contribution in [3.63, 3.8) is 0 Å². The third kappa shape index (κ3) is 8.13. The minimum atomic E-state index is -4.88. The van der Waals surface area contributed by atoms with Gasteiger partial charge in [-0.05, 0) is 74.7 Å². The summed E-state index contributed by atoms with van der Waals surface area (Å²) in [5.41, 5.74) is -0.215. The SMILES string of the molecule is Cc1ccc(S(=O)(=O)N(CC(=O)N(Cc2ccc(Br)cc2)[C@H](C)C(=O)NC2CCCC2)c2ccc(Cl)c(C(F)(F)F)c2)cc1. The predicted molar refractivity (Wildman–Crippen MR) is 167 cm³/mol. The molecule has 0 bridgehead atoms. The van der Waals surface area contributed by atoms with Crippen molar-refractivity contribution >= 4 is 55.1 Å². The van der Waals surface area contributed by atoms with E-state index in [1.165, 1.54) is 17.0 Å². The Morgan fingerprint density at radius 3 is 2.23 bits per heavy atom. The highest BCUT2D eigenvalue weighted by Gasteiger charge is 2.37. The van der Waals surface area contributed by atoms with Crippen molar-refractivity contribution in [1.29, 1.82) is 0 Å². The summed E-state index contributed by atoms with van der Waals surface area (Å²) in [4.78, 5) is 28.4. The third-order valence-corrected chi connectivity index (χ3v) is 10.2. The molecule has 44 heavy (non-hydrogen) atoms. The molecule has 1 saturated carbocycles. The maximum absolute atomic E-state index is 14.0. The fraction of sp³-hybridized carbons (Fsp3) is 0.355. The molecule has 1 aliphatic rings. The number of nitrogens with one attached hydrogen (secondary N) is 1. The average molecular weight is 715 g/mol. The van der Waals surface area contributed by atoms with Crippen LogP contribution in [0.15, 0.2) is 76.1 Å². The number of amides is 2. The molecule has 1 N–H and O–H groups in total. The van der Waals surface area contributed by atoms with Gasteiger partial charge in [0.2, 0.25) is 11.8 Å². The Morgan fingerprint density at radius 2 is 1.64 bits per heavy atom. The van der Waals surface area contributed by atoms with Crippen LogP contribution in [-0.4, -0.2) is 43.8 Å². The molecule has 1 aliphatic carbocycles. The molecule has 0 aromatic heterocycles. The van der Waals surface area contributed by atoms with E-state index in [0.29, 0.717) is 15.9 Å². The number of hydrogen-bond acceptors (Lipinski definition) is 4. The van der Waals surface area contributed by atoms with Gasteiger partial charge in [0, 0.05) is 17.1 Å². The maximum Gasteiger partial charge on any atom is 0.417 e. The van der Waals surface area contributed by atoms with E-state index in [4.69, 9.17) is 11.6 Å². The van der Waals surface area contributed by atoms with Crippen LogP contribution in [0, 0.1) is 6.92 Å². The van der Waals surface area contributed by atoms with Crippen molar-refractivity contribution in [2.75, 3.05) is 10.8 Å². The van der Waals surface area contributed by atoms with Gasteiger partial charge in [0.25, 0.3) is 10.0 Å². The van der Waals surface area contributed by atoms with Crippen LogP contribution in [0.3, 0.4) is 0 Å². The molecule has 0 radical (unpaired) electrons. The van der Waals surface area contributed by atoms with Crippen LogP contribution >= 0.6 is 27.5 Å². The number of hydrogen-bond donors (Lipinski definition) is 1. The summed E-state index contributed by atoms with van der Waals surface area (Å²) in [5, 5.41) is 2.36. The lowest BCUT2D eigenvalue weighted by molar-refractivity contribution is -0.139. The fourth-order valence-corrected chi connectivity index (χ4v) is 6.91.